The lowest BCUT2D eigenvalue weighted by atomic mass is 9.80. The molecule has 2 heterocycles. The van der Waals surface area contributed by atoms with Gasteiger partial charge in [0.25, 0.3) is 0 Å². The average Bonchev–Trinajstić information content (AvgIpc) is 3.44. The normalized spacial score (nSPS) is 22.3. The van der Waals surface area contributed by atoms with Crippen LogP contribution in [0.1, 0.15) is 42.3 Å². The molecule has 206 valence electrons. The zero-order chi connectivity index (χ0) is 27.6. The van der Waals surface area contributed by atoms with Crippen LogP contribution < -0.4 is 5.32 Å². The quantitative estimate of drug-likeness (QED) is 0.358. The summed E-state index contributed by atoms with van der Waals surface area (Å²) in [6, 6.07) is 0.816. The maximum atomic E-state index is 14.5. The van der Waals surface area contributed by atoms with E-state index in [4.69, 9.17) is 16.3 Å². The SMILES string of the molecule is COC(=O)C1=C([C@H]2CC[C@H](N(CCO)S(C)(=O)=O)CC2)NC(c2nccs2)=N[C@@H]1c1ccc(F)c(F)c1Cl. The number of aromatic nitrogens is 1. The van der Waals surface area contributed by atoms with Gasteiger partial charge < -0.3 is 15.2 Å². The monoisotopic (exact) mass is 588 g/mol. The van der Waals surface area contributed by atoms with Crippen LogP contribution in [0.3, 0.4) is 0 Å². The van der Waals surface area contributed by atoms with E-state index in [1.807, 2.05) is 0 Å². The molecule has 2 N–H and O–H groups in total. The molecule has 1 fully saturated rings. The number of sulfonamides is 1. The van der Waals surface area contributed by atoms with E-state index in [0.29, 0.717) is 42.2 Å². The molecular weight excluding hydrogens is 562 g/mol. The maximum absolute atomic E-state index is 14.5. The number of carbonyl (C=O) groups is 1. The molecule has 1 aromatic heterocycles. The smallest absolute Gasteiger partial charge is 0.338 e. The van der Waals surface area contributed by atoms with Crippen molar-refractivity contribution in [2.75, 3.05) is 26.5 Å². The topological polar surface area (TPSA) is 121 Å². The number of carbonyl (C=O) groups excluding carboxylic acids is 1. The zero-order valence-electron chi connectivity index (χ0n) is 20.7. The largest absolute Gasteiger partial charge is 0.466 e. The molecule has 38 heavy (non-hydrogen) atoms. The van der Waals surface area contributed by atoms with Crippen LogP contribution in [0.5, 0.6) is 0 Å². The number of aliphatic imine (C=N–C) groups is 1. The zero-order valence-corrected chi connectivity index (χ0v) is 23.0. The molecule has 0 unspecified atom stereocenters. The number of methoxy groups -OCH3 is 1. The third-order valence-corrected chi connectivity index (χ3v) is 9.23. The molecule has 1 aliphatic heterocycles. The van der Waals surface area contributed by atoms with Crippen molar-refractivity contribution < 1.29 is 31.8 Å². The molecule has 9 nitrogen and oxygen atoms in total. The Morgan fingerprint density at radius 2 is 2.00 bits per heavy atom. The number of benzene rings is 1. The number of allylic oxidation sites excluding steroid dienone is 1. The first-order valence-corrected chi connectivity index (χ1v) is 15.0. The number of rotatable bonds is 8. The fourth-order valence-corrected chi connectivity index (χ4v) is 7.03. The minimum Gasteiger partial charge on any atom is -0.466 e. The second-order valence-corrected chi connectivity index (χ2v) is 12.2. The predicted molar refractivity (Wildman–Crippen MR) is 139 cm³/mol. The summed E-state index contributed by atoms with van der Waals surface area (Å²) in [5.41, 5.74) is 0.702. The summed E-state index contributed by atoms with van der Waals surface area (Å²) in [7, 11) is -2.31. The lowest BCUT2D eigenvalue weighted by Gasteiger charge is -2.38. The summed E-state index contributed by atoms with van der Waals surface area (Å²) < 4.78 is 59.3. The van der Waals surface area contributed by atoms with Gasteiger partial charge in [-0.3, -0.25) is 4.99 Å². The Bertz CT molecular complexity index is 1360. The number of hydrogen-bond acceptors (Lipinski definition) is 9. The summed E-state index contributed by atoms with van der Waals surface area (Å²) in [5, 5.41) is 14.4. The molecule has 2 aromatic rings. The van der Waals surface area contributed by atoms with Crippen LogP contribution in [0, 0.1) is 17.6 Å². The molecule has 1 atom stereocenters. The van der Waals surface area contributed by atoms with E-state index in [9.17, 15) is 27.1 Å². The summed E-state index contributed by atoms with van der Waals surface area (Å²) in [4.78, 5) is 22.0. The molecule has 1 saturated carbocycles. The first kappa shape index (κ1) is 28.6. The van der Waals surface area contributed by atoms with Gasteiger partial charge in [0.1, 0.15) is 6.04 Å². The summed E-state index contributed by atoms with van der Waals surface area (Å²) in [6.45, 7) is -0.295. The van der Waals surface area contributed by atoms with Gasteiger partial charge in [0.05, 0.1) is 30.6 Å². The molecule has 14 heteroatoms. The highest BCUT2D eigenvalue weighted by Gasteiger charge is 2.39. The first-order chi connectivity index (χ1) is 18.1. The van der Waals surface area contributed by atoms with Crippen molar-refractivity contribution in [3.8, 4) is 0 Å². The third-order valence-electron chi connectivity index (χ3n) is 6.73. The molecule has 0 bridgehead atoms. The highest BCUT2D eigenvalue weighted by molar-refractivity contribution is 7.88. The van der Waals surface area contributed by atoms with Gasteiger partial charge in [0.15, 0.2) is 22.5 Å². The molecule has 0 amide bonds. The van der Waals surface area contributed by atoms with Crippen molar-refractivity contribution in [1.82, 2.24) is 14.6 Å². The summed E-state index contributed by atoms with van der Waals surface area (Å²) in [6.07, 6.45) is 4.69. The second-order valence-electron chi connectivity index (χ2n) is 9.03. The van der Waals surface area contributed by atoms with Crippen LogP contribution in [-0.2, 0) is 19.6 Å². The number of thiazole rings is 1. The third kappa shape index (κ3) is 5.76. The van der Waals surface area contributed by atoms with Gasteiger partial charge in [-0.05, 0) is 37.7 Å². The van der Waals surface area contributed by atoms with E-state index in [0.717, 1.165) is 12.3 Å². The van der Waals surface area contributed by atoms with Gasteiger partial charge in [-0.1, -0.05) is 17.7 Å². The van der Waals surface area contributed by atoms with E-state index < -0.39 is 38.7 Å². The summed E-state index contributed by atoms with van der Waals surface area (Å²) in [5.74, 6) is -2.97. The lowest BCUT2D eigenvalue weighted by molar-refractivity contribution is -0.136. The maximum Gasteiger partial charge on any atom is 0.338 e. The van der Waals surface area contributed by atoms with Crippen molar-refractivity contribution in [3.05, 3.63) is 62.2 Å². The highest BCUT2D eigenvalue weighted by atomic mass is 35.5. The molecule has 0 radical (unpaired) electrons. The molecule has 0 spiro atoms. The first-order valence-electron chi connectivity index (χ1n) is 11.8. The number of nitrogens with one attached hydrogen (secondary N) is 1. The number of aliphatic hydroxyl groups is 1. The Labute approximate surface area is 228 Å². The molecule has 4 rings (SSSR count). The number of nitrogens with zero attached hydrogens (tertiary/aromatic N) is 3. The Hall–Kier alpha value is -2.45. The van der Waals surface area contributed by atoms with Gasteiger partial charge in [-0.2, -0.15) is 4.31 Å². The molecular formula is C24H27ClF2N4O5S2. The molecule has 1 aromatic carbocycles. The average molecular weight is 589 g/mol. The van der Waals surface area contributed by atoms with E-state index in [-0.39, 0.29) is 36.2 Å². The number of esters is 1. The Morgan fingerprint density at radius 3 is 2.58 bits per heavy atom. The van der Waals surface area contributed by atoms with E-state index in [1.54, 1.807) is 11.6 Å². The van der Waals surface area contributed by atoms with Gasteiger partial charge in [0.2, 0.25) is 10.0 Å². The fourth-order valence-electron chi connectivity index (χ4n) is 5.02. The number of amidine groups is 1. The minimum absolute atomic E-state index is 0.0000803. The number of ether oxygens (including phenoxy) is 1. The fraction of sp³-hybridized carbons (Fsp3) is 0.458. The van der Waals surface area contributed by atoms with Crippen molar-refractivity contribution in [3.63, 3.8) is 0 Å². The van der Waals surface area contributed by atoms with Gasteiger partial charge in [-0.25, -0.2) is 27.0 Å². The molecule has 2 aliphatic rings. The van der Waals surface area contributed by atoms with Gasteiger partial charge in [0, 0.05) is 35.4 Å². The Balaban J connectivity index is 1.76. The lowest BCUT2D eigenvalue weighted by Crippen LogP contribution is -2.44. The van der Waals surface area contributed by atoms with Crippen LogP contribution in [-0.4, -0.2) is 67.2 Å². The van der Waals surface area contributed by atoms with Crippen molar-refractivity contribution in [2.45, 2.75) is 37.8 Å². The molecule has 1 aliphatic carbocycles. The Kier molecular flexibility index (Phi) is 8.82. The number of halogens is 3. The highest BCUT2D eigenvalue weighted by Crippen LogP contribution is 2.42. The van der Waals surface area contributed by atoms with Crippen LogP contribution in [0.25, 0.3) is 0 Å². The minimum atomic E-state index is -3.53. The van der Waals surface area contributed by atoms with E-state index in [1.165, 1.54) is 28.8 Å². The second kappa shape index (κ2) is 11.7. The van der Waals surface area contributed by atoms with Crippen molar-refractivity contribution >= 4 is 44.8 Å². The molecule has 0 saturated heterocycles. The number of aliphatic hydroxyl groups excluding tert-OH is 1. The van der Waals surface area contributed by atoms with Crippen molar-refractivity contribution in [1.29, 1.82) is 0 Å². The van der Waals surface area contributed by atoms with E-state index >= 15 is 0 Å². The van der Waals surface area contributed by atoms with Crippen LogP contribution in [0.15, 0.2) is 40.0 Å². The van der Waals surface area contributed by atoms with Crippen LogP contribution in [0.2, 0.25) is 5.02 Å². The van der Waals surface area contributed by atoms with Crippen molar-refractivity contribution in [2.24, 2.45) is 10.9 Å². The van der Waals surface area contributed by atoms with Crippen LogP contribution in [0.4, 0.5) is 8.78 Å². The van der Waals surface area contributed by atoms with Gasteiger partial charge >= 0.3 is 5.97 Å². The standard InChI is InChI=1S/C24H27ClF2N4O5S2/c1-36-24(33)17-20(13-3-5-14(6-4-13)31(10-11-32)38(2,34)35)29-22(23-28-9-12-37-23)30-21(17)15-7-8-16(26)19(27)18(15)25/h7-9,12-14,21,32H,3-6,10-11H2,1-2H3,(H,29,30)/t13-,14-,21-/m1/s1. The summed E-state index contributed by atoms with van der Waals surface area (Å²) >= 11 is 7.51. The number of hydrogen-bond donors (Lipinski definition) is 2. The van der Waals surface area contributed by atoms with Crippen LogP contribution >= 0.6 is 22.9 Å². The Morgan fingerprint density at radius 1 is 1.29 bits per heavy atom. The predicted octanol–water partition coefficient (Wildman–Crippen LogP) is 3.41. The van der Waals surface area contributed by atoms with Gasteiger partial charge in [-0.15, -0.1) is 11.3 Å². The van der Waals surface area contributed by atoms with E-state index in [2.05, 4.69) is 15.3 Å².